The fourth-order valence-corrected chi connectivity index (χ4v) is 4.82. The molecule has 0 bridgehead atoms. The number of sulfonamides is 1. The number of amides is 1. The molecule has 0 saturated carbocycles. The number of benzene rings is 3. The lowest BCUT2D eigenvalue weighted by Gasteiger charge is -2.18. The van der Waals surface area contributed by atoms with Crippen molar-refractivity contribution in [1.29, 1.82) is 0 Å². The maximum atomic E-state index is 13.1. The molecule has 0 fully saturated rings. The van der Waals surface area contributed by atoms with Gasteiger partial charge in [0.05, 0.1) is 16.6 Å². The summed E-state index contributed by atoms with van der Waals surface area (Å²) in [7, 11) is -3.86. The maximum absolute atomic E-state index is 13.1. The first-order valence-electron chi connectivity index (χ1n) is 10.3. The highest BCUT2D eigenvalue weighted by Gasteiger charge is 2.21. The fourth-order valence-electron chi connectivity index (χ4n) is 3.42. The minimum atomic E-state index is -3.86. The molecule has 0 aliphatic carbocycles. The highest BCUT2D eigenvalue weighted by Crippen LogP contribution is 2.24. The first-order valence-corrected chi connectivity index (χ1v) is 11.8. The third kappa shape index (κ3) is 5.33. The minimum Gasteiger partial charge on any atom is -0.345 e. The first kappa shape index (κ1) is 22.6. The number of anilines is 1. The van der Waals surface area contributed by atoms with Crippen molar-refractivity contribution in [2.75, 3.05) is 4.72 Å². The van der Waals surface area contributed by atoms with Crippen LogP contribution in [0.4, 0.5) is 5.69 Å². The molecule has 0 spiro atoms. The zero-order chi connectivity index (χ0) is 22.6. The van der Waals surface area contributed by atoms with Crippen LogP contribution in [0.25, 0.3) is 0 Å². The first-order chi connectivity index (χ1) is 14.7. The van der Waals surface area contributed by atoms with Gasteiger partial charge in [0.15, 0.2) is 0 Å². The van der Waals surface area contributed by atoms with Crippen LogP contribution in [0.2, 0.25) is 0 Å². The smallest absolute Gasteiger partial charge is 0.262 e. The van der Waals surface area contributed by atoms with Crippen LogP contribution in [0.1, 0.15) is 52.0 Å². The number of carbonyl (C=O) groups excluding carboxylic acids is 1. The molecule has 0 aliphatic rings. The Labute approximate surface area is 184 Å². The second-order valence-electron chi connectivity index (χ2n) is 7.75. The van der Waals surface area contributed by atoms with Crippen LogP contribution in [-0.2, 0) is 10.0 Å². The average Bonchev–Trinajstić information content (AvgIpc) is 2.75. The summed E-state index contributed by atoms with van der Waals surface area (Å²) in [5, 5.41) is 3.01. The second-order valence-corrected chi connectivity index (χ2v) is 9.40. The third-order valence-corrected chi connectivity index (χ3v) is 6.80. The average molecular weight is 437 g/mol. The molecular formula is C25H28N2O3S. The van der Waals surface area contributed by atoms with Crippen molar-refractivity contribution < 1.29 is 13.2 Å². The van der Waals surface area contributed by atoms with E-state index in [2.05, 4.69) is 10.0 Å². The lowest BCUT2D eigenvalue weighted by Crippen LogP contribution is -2.28. The van der Waals surface area contributed by atoms with Gasteiger partial charge in [0.25, 0.3) is 15.9 Å². The molecule has 3 rings (SSSR count). The Balaban J connectivity index is 1.88. The van der Waals surface area contributed by atoms with Crippen molar-refractivity contribution in [2.24, 2.45) is 0 Å². The van der Waals surface area contributed by atoms with E-state index in [-0.39, 0.29) is 16.8 Å². The zero-order valence-corrected chi connectivity index (χ0v) is 19.1. The zero-order valence-electron chi connectivity index (χ0n) is 18.3. The van der Waals surface area contributed by atoms with Gasteiger partial charge in [-0.15, -0.1) is 0 Å². The SMILES string of the molecule is CC[C@H](NC(=O)c1ccc(C)c(S(=O)(=O)Nc2cc(C)ccc2C)c1)c1ccccc1. The van der Waals surface area contributed by atoms with Crippen LogP contribution in [0, 0.1) is 20.8 Å². The van der Waals surface area contributed by atoms with Crippen LogP contribution < -0.4 is 10.0 Å². The second kappa shape index (κ2) is 9.35. The molecule has 0 radical (unpaired) electrons. The summed E-state index contributed by atoms with van der Waals surface area (Å²) in [6, 6.07) is 19.9. The van der Waals surface area contributed by atoms with Gasteiger partial charge < -0.3 is 5.32 Å². The van der Waals surface area contributed by atoms with Crippen LogP contribution in [-0.4, -0.2) is 14.3 Å². The van der Waals surface area contributed by atoms with E-state index in [1.54, 1.807) is 25.1 Å². The molecule has 0 aromatic heterocycles. The summed E-state index contributed by atoms with van der Waals surface area (Å²) in [4.78, 5) is 13.0. The van der Waals surface area contributed by atoms with Gasteiger partial charge in [-0.25, -0.2) is 8.42 Å². The van der Waals surface area contributed by atoms with Gasteiger partial charge >= 0.3 is 0 Å². The number of carbonyl (C=O) groups is 1. The molecule has 3 aromatic rings. The predicted octanol–water partition coefficient (Wildman–Crippen LogP) is 5.29. The van der Waals surface area contributed by atoms with Crippen molar-refractivity contribution in [1.82, 2.24) is 5.32 Å². The Bertz CT molecular complexity index is 1190. The largest absolute Gasteiger partial charge is 0.345 e. The lowest BCUT2D eigenvalue weighted by atomic mass is 10.0. The van der Waals surface area contributed by atoms with Crippen molar-refractivity contribution in [3.05, 3.63) is 94.5 Å². The molecule has 0 aliphatic heterocycles. The van der Waals surface area contributed by atoms with Crippen molar-refractivity contribution in [2.45, 2.75) is 45.1 Å². The number of nitrogens with one attached hydrogen (secondary N) is 2. The van der Waals surface area contributed by atoms with E-state index in [0.717, 1.165) is 23.1 Å². The van der Waals surface area contributed by atoms with Gasteiger partial charge in [-0.05, 0) is 67.6 Å². The normalized spacial score (nSPS) is 12.3. The van der Waals surface area contributed by atoms with E-state index in [1.165, 1.54) is 6.07 Å². The molecule has 0 saturated heterocycles. The number of aryl methyl sites for hydroxylation is 3. The van der Waals surface area contributed by atoms with Gasteiger partial charge in [0.1, 0.15) is 0 Å². The van der Waals surface area contributed by atoms with E-state index in [0.29, 0.717) is 16.8 Å². The molecule has 1 atom stereocenters. The molecule has 162 valence electrons. The Morgan fingerprint density at radius 1 is 0.903 bits per heavy atom. The van der Waals surface area contributed by atoms with Crippen molar-refractivity contribution in [3.63, 3.8) is 0 Å². The molecule has 3 aromatic carbocycles. The monoisotopic (exact) mass is 436 g/mol. The molecule has 0 unspecified atom stereocenters. The van der Waals surface area contributed by atoms with Gasteiger partial charge in [0.2, 0.25) is 0 Å². The fraction of sp³-hybridized carbons (Fsp3) is 0.240. The lowest BCUT2D eigenvalue weighted by molar-refractivity contribution is 0.0935. The Morgan fingerprint density at radius 3 is 2.26 bits per heavy atom. The van der Waals surface area contributed by atoms with Crippen molar-refractivity contribution >= 4 is 21.6 Å². The van der Waals surface area contributed by atoms with E-state index in [9.17, 15) is 13.2 Å². The summed E-state index contributed by atoms with van der Waals surface area (Å²) < 4.78 is 28.9. The van der Waals surface area contributed by atoms with E-state index < -0.39 is 10.0 Å². The highest BCUT2D eigenvalue weighted by molar-refractivity contribution is 7.92. The molecule has 5 nitrogen and oxygen atoms in total. The predicted molar refractivity (Wildman–Crippen MR) is 125 cm³/mol. The number of rotatable bonds is 7. The third-order valence-electron chi connectivity index (χ3n) is 5.29. The Hall–Kier alpha value is -3.12. The summed E-state index contributed by atoms with van der Waals surface area (Å²) in [6.07, 6.45) is 0.723. The van der Waals surface area contributed by atoms with Crippen LogP contribution >= 0.6 is 0 Å². The highest BCUT2D eigenvalue weighted by atomic mass is 32.2. The molecule has 6 heteroatoms. The van der Waals surface area contributed by atoms with Gasteiger partial charge in [0, 0.05) is 5.56 Å². The van der Waals surface area contributed by atoms with Crippen LogP contribution in [0.15, 0.2) is 71.6 Å². The van der Waals surface area contributed by atoms with Crippen LogP contribution in [0.5, 0.6) is 0 Å². The van der Waals surface area contributed by atoms with Crippen molar-refractivity contribution in [3.8, 4) is 0 Å². The van der Waals surface area contributed by atoms with E-state index in [4.69, 9.17) is 0 Å². The maximum Gasteiger partial charge on any atom is 0.262 e. The molecule has 0 heterocycles. The minimum absolute atomic E-state index is 0.0915. The summed E-state index contributed by atoms with van der Waals surface area (Å²) in [6.45, 7) is 7.47. The summed E-state index contributed by atoms with van der Waals surface area (Å²) >= 11 is 0. The molecule has 31 heavy (non-hydrogen) atoms. The van der Waals surface area contributed by atoms with Gasteiger partial charge in [-0.1, -0.05) is 55.5 Å². The Kier molecular flexibility index (Phi) is 6.81. The number of hydrogen-bond acceptors (Lipinski definition) is 3. The number of hydrogen-bond donors (Lipinski definition) is 2. The van der Waals surface area contributed by atoms with E-state index in [1.807, 2.05) is 63.2 Å². The standard InChI is InChI=1S/C25H28N2O3S/c1-5-22(20-9-7-6-8-10-20)26-25(28)21-14-13-19(4)24(16-21)31(29,30)27-23-15-17(2)11-12-18(23)3/h6-16,22,27H,5H2,1-4H3,(H,26,28)/t22-/m0/s1. The molecular weight excluding hydrogens is 408 g/mol. The topological polar surface area (TPSA) is 75.3 Å². The molecule has 1 amide bonds. The van der Waals surface area contributed by atoms with Crippen LogP contribution in [0.3, 0.4) is 0 Å². The van der Waals surface area contributed by atoms with Gasteiger partial charge in [-0.3, -0.25) is 9.52 Å². The quantitative estimate of drug-likeness (QED) is 0.528. The Morgan fingerprint density at radius 2 is 1.58 bits per heavy atom. The summed E-state index contributed by atoms with van der Waals surface area (Å²) in [5.74, 6) is -0.307. The molecule has 2 N–H and O–H groups in total. The summed E-state index contributed by atoms with van der Waals surface area (Å²) in [5.41, 5.74) is 4.21. The van der Waals surface area contributed by atoms with E-state index >= 15 is 0 Å². The van der Waals surface area contributed by atoms with Gasteiger partial charge in [-0.2, -0.15) is 0 Å².